The molecule has 1 aliphatic heterocycles. The van der Waals surface area contributed by atoms with Crippen LogP contribution in [-0.4, -0.2) is 27.7 Å². The van der Waals surface area contributed by atoms with Gasteiger partial charge in [-0.1, -0.05) is 19.8 Å². The molecule has 1 spiro atoms. The van der Waals surface area contributed by atoms with Crippen LogP contribution in [-0.2, 0) is 4.79 Å². The molecule has 1 saturated heterocycles. The molecule has 0 aromatic rings. The molecule has 3 nitrogen and oxygen atoms in total. The summed E-state index contributed by atoms with van der Waals surface area (Å²) in [6.45, 7) is 2.24. The van der Waals surface area contributed by atoms with Crippen molar-refractivity contribution < 1.29 is 9.90 Å². The van der Waals surface area contributed by atoms with Gasteiger partial charge in [0.2, 0.25) is 0 Å². The summed E-state index contributed by atoms with van der Waals surface area (Å²) in [5.74, 6) is 0.623. The zero-order chi connectivity index (χ0) is 10.2. The molecule has 80 valence electrons. The Balaban J connectivity index is 2.06. The number of carboxylic acid groups (broad SMARTS) is 1. The lowest BCUT2D eigenvalue weighted by Gasteiger charge is -2.39. The maximum atomic E-state index is 10.9. The molecular formula is C10H17NO2S. The van der Waals surface area contributed by atoms with Crippen LogP contribution < -0.4 is 5.32 Å². The fourth-order valence-corrected chi connectivity index (χ4v) is 4.10. The number of nitrogens with one attached hydrogen (secondary N) is 1. The highest BCUT2D eigenvalue weighted by Gasteiger charge is 2.46. The van der Waals surface area contributed by atoms with Crippen molar-refractivity contribution in [3.63, 3.8) is 0 Å². The van der Waals surface area contributed by atoms with Crippen molar-refractivity contribution in [1.29, 1.82) is 0 Å². The Morgan fingerprint density at radius 3 is 2.93 bits per heavy atom. The summed E-state index contributed by atoms with van der Waals surface area (Å²) in [4.78, 5) is 10.9. The first-order valence-electron chi connectivity index (χ1n) is 5.28. The second kappa shape index (κ2) is 3.74. The van der Waals surface area contributed by atoms with Gasteiger partial charge in [-0.05, 0) is 18.8 Å². The molecule has 2 aliphatic rings. The lowest BCUT2D eigenvalue weighted by Crippen LogP contribution is -2.50. The van der Waals surface area contributed by atoms with Gasteiger partial charge in [-0.3, -0.25) is 10.1 Å². The van der Waals surface area contributed by atoms with Gasteiger partial charge in [-0.25, -0.2) is 0 Å². The number of aliphatic carboxylic acids is 1. The minimum absolute atomic E-state index is 0.0707. The topological polar surface area (TPSA) is 49.3 Å². The van der Waals surface area contributed by atoms with Gasteiger partial charge in [0.05, 0.1) is 4.87 Å². The summed E-state index contributed by atoms with van der Waals surface area (Å²) < 4.78 is 0. The van der Waals surface area contributed by atoms with Crippen LogP contribution in [0.25, 0.3) is 0 Å². The second-order valence-electron chi connectivity index (χ2n) is 4.38. The third-order valence-electron chi connectivity index (χ3n) is 3.46. The third kappa shape index (κ3) is 1.65. The zero-order valence-electron chi connectivity index (χ0n) is 8.45. The molecule has 1 aliphatic carbocycles. The van der Waals surface area contributed by atoms with E-state index in [4.69, 9.17) is 5.11 Å². The van der Waals surface area contributed by atoms with Gasteiger partial charge >= 0.3 is 5.97 Å². The van der Waals surface area contributed by atoms with Crippen molar-refractivity contribution >= 4 is 17.7 Å². The summed E-state index contributed by atoms with van der Waals surface area (Å²) in [5.41, 5.74) is 0. The smallest absolute Gasteiger partial charge is 0.321 e. The Morgan fingerprint density at radius 2 is 2.36 bits per heavy atom. The van der Waals surface area contributed by atoms with Crippen molar-refractivity contribution in [2.24, 2.45) is 5.92 Å². The molecule has 0 bridgehead atoms. The van der Waals surface area contributed by atoms with Gasteiger partial charge in [0.1, 0.15) is 6.04 Å². The van der Waals surface area contributed by atoms with E-state index < -0.39 is 5.97 Å². The van der Waals surface area contributed by atoms with Crippen LogP contribution in [0.3, 0.4) is 0 Å². The molecule has 1 saturated carbocycles. The SMILES string of the molecule is CC1CCCCC12N[C@H](C(=O)O)CS2. The van der Waals surface area contributed by atoms with E-state index in [0.717, 1.165) is 12.2 Å². The number of carboxylic acids is 1. The molecule has 2 unspecified atom stereocenters. The highest BCUT2D eigenvalue weighted by atomic mass is 32.2. The zero-order valence-corrected chi connectivity index (χ0v) is 9.27. The van der Waals surface area contributed by atoms with Gasteiger partial charge in [-0.2, -0.15) is 0 Å². The van der Waals surface area contributed by atoms with Gasteiger partial charge < -0.3 is 5.11 Å². The molecule has 2 fully saturated rings. The van der Waals surface area contributed by atoms with E-state index in [1.165, 1.54) is 19.3 Å². The molecule has 2 rings (SSSR count). The minimum atomic E-state index is -0.702. The van der Waals surface area contributed by atoms with Crippen LogP contribution in [0.1, 0.15) is 32.6 Å². The van der Waals surface area contributed by atoms with E-state index in [1.807, 2.05) is 11.8 Å². The molecule has 14 heavy (non-hydrogen) atoms. The monoisotopic (exact) mass is 215 g/mol. The fourth-order valence-electron chi connectivity index (χ4n) is 2.49. The van der Waals surface area contributed by atoms with E-state index in [1.54, 1.807) is 0 Å². The Kier molecular flexibility index (Phi) is 2.75. The van der Waals surface area contributed by atoms with Crippen LogP contribution in [0.2, 0.25) is 0 Å². The van der Waals surface area contributed by atoms with Gasteiger partial charge in [0, 0.05) is 5.75 Å². The molecule has 4 heteroatoms. The molecule has 0 aromatic heterocycles. The maximum Gasteiger partial charge on any atom is 0.321 e. The Hall–Kier alpha value is -0.220. The normalized spacial score (nSPS) is 42.9. The first kappa shape index (κ1) is 10.3. The molecule has 0 aromatic carbocycles. The number of hydrogen-bond acceptors (Lipinski definition) is 3. The molecule has 0 amide bonds. The number of thioether (sulfide) groups is 1. The standard InChI is InChI=1S/C10H17NO2S/c1-7-4-2-3-5-10(7)11-8(6-14-10)9(12)13/h7-8,11H,2-6H2,1H3,(H,12,13)/t7?,8-,10?/m0/s1. The largest absolute Gasteiger partial charge is 0.480 e. The summed E-state index contributed by atoms with van der Waals surface area (Å²) >= 11 is 1.82. The first-order valence-corrected chi connectivity index (χ1v) is 6.27. The van der Waals surface area contributed by atoms with Crippen molar-refractivity contribution in [3.05, 3.63) is 0 Å². The Bertz CT molecular complexity index is 246. The molecule has 0 radical (unpaired) electrons. The quantitative estimate of drug-likeness (QED) is 0.699. The minimum Gasteiger partial charge on any atom is -0.480 e. The highest BCUT2D eigenvalue weighted by Crippen LogP contribution is 2.45. The lowest BCUT2D eigenvalue weighted by molar-refractivity contribution is -0.139. The second-order valence-corrected chi connectivity index (χ2v) is 5.73. The maximum absolute atomic E-state index is 10.9. The molecule has 1 heterocycles. The first-order chi connectivity index (χ1) is 6.64. The van der Waals surface area contributed by atoms with Crippen LogP contribution in [0.15, 0.2) is 0 Å². The predicted octanol–water partition coefficient (Wildman–Crippen LogP) is 1.68. The number of carbonyl (C=O) groups is 1. The van der Waals surface area contributed by atoms with E-state index in [-0.39, 0.29) is 10.9 Å². The van der Waals surface area contributed by atoms with Crippen LogP contribution in [0.5, 0.6) is 0 Å². The van der Waals surface area contributed by atoms with E-state index in [0.29, 0.717) is 5.92 Å². The van der Waals surface area contributed by atoms with Crippen molar-refractivity contribution in [3.8, 4) is 0 Å². The van der Waals surface area contributed by atoms with Gasteiger partial charge in [0.15, 0.2) is 0 Å². The lowest BCUT2D eigenvalue weighted by atomic mass is 9.85. The van der Waals surface area contributed by atoms with E-state index >= 15 is 0 Å². The van der Waals surface area contributed by atoms with E-state index in [9.17, 15) is 4.79 Å². The molecule has 2 N–H and O–H groups in total. The van der Waals surface area contributed by atoms with Gasteiger partial charge in [-0.15, -0.1) is 11.8 Å². The summed E-state index contributed by atoms with van der Waals surface area (Å²) in [6, 6.07) is -0.333. The van der Waals surface area contributed by atoms with Crippen molar-refractivity contribution in [2.45, 2.75) is 43.5 Å². The number of hydrogen-bond donors (Lipinski definition) is 2. The summed E-state index contributed by atoms with van der Waals surface area (Å²) in [6.07, 6.45) is 4.88. The number of rotatable bonds is 1. The Morgan fingerprint density at radius 1 is 1.57 bits per heavy atom. The van der Waals surface area contributed by atoms with E-state index in [2.05, 4.69) is 12.2 Å². The molecular weight excluding hydrogens is 198 g/mol. The average Bonchev–Trinajstić information content (AvgIpc) is 2.56. The van der Waals surface area contributed by atoms with Crippen LogP contribution >= 0.6 is 11.8 Å². The highest BCUT2D eigenvalue weighted by molar-refractivity contribution is 8.01. The molecule has 3 atom stereocenters. The fraction of sp³-hybridized carbons (Fsp3) is 0.900. The van der Waals surface area contributed by atoms with Crippen LogP contribution in [0, 0.1) is 5.92 Å². The Labute approximate surface area is 88.6 Å². The average molecular weight is 215 g/mol. The summed E-state index contributed by atoms with van der Waals surface area (Å²) in [7, 11) is 0. The van der Waals surface area contributed by atoms with Crippen molar-refractivity contribution in [2.75, 3.05) is 5.75 Å². The third-order valence-corrected chi connectivity index (χ3v) is 5.20. The van der Waals surface area contributed by atoms with Crippen molar-refractivity contribution in [1.82, 2.24) is 5.32 Å². The summed E-state index contributed by atoms with van der Waals surface area (Å²) in [5, 5.41) is 12.3. The van der Waals surface area contributed by atoms with Gasteiger partial charge in [0.25, 0.3) is 0 Å². The predicted molar refractivity (Wildman–Crippen MR) is 57.4 cm³/mol. The van der Waals surface area contributed by atoms with Crippen LogP contribution in [0.4, 0.5) is 0 Å².